The Morgan fingerprint density at radius 2 is 2.06 bits per heavy atom. The Kier molecular flexibility index (Phi) is 7.19. The van der Waals surface area contributed by atoms with Crippen LogP contribution in [-0.2, 0) is 6.54 Å². The Morgan fingerprint density at radius 3 is 2.65 bits per heavy atom. The van der Waals surface area contributed by atoms with Crippen molar-refractivity contribution in [2.45, 2.75) is 32.9 Å². The fraction of sp³-hybridized carbons (Fsp3) is 0.538. The van der Waals surface area contributed by atoms with E-state index in [0.29, 0.717) is 6.61 Å². The average molecular weight is 260 g/mol. The molecule has 0 unspecified atom stereocenters. The van der Waals surface area contributed by atoms with Crippen molar-refractivity contribution >= 4 is 12.4 Å². The predicted molar refractivity (Wildman–Crippen MR) is 72.9 cm³/mol. The first-order chi connectivity index (χ1) is 7.57. The van der Waals surface area contributed by atoms with Crippen LogP contribution in [0.2, 0.25) is 0 Å². The summed E-state index contributed by atoms with van der Waals surface area (Å²) in [5.41, 5.74) is 0.911. The van der Waals surface area contributed by atoms with Gasteiger partial charge in [-0.15, -0.1) is 12.4 Å². The van der Waals surface area contributed by atoms with Crippen LogP contribution in [0, 0.1) is 0 Å². The van der Waals surface area contributed by atoms with Gasteiger partial charge >= 0.3 is 0 Å². The van der Waals surface area contributed by atoms with Gasteiger partial charge in [0.1, 0.15) is 5.75 Å². The number of aliphatic hydroxyl groups excluding tert-OH is 1. The Bertz CT molecular complexity index is 329. The molecule has 17 heavy (non-hydrogen) atoms. The number of benzene rings is 1. The molecule has 0 heterocycles. The third kappa shape index (κ3) is 5.91. The Hall–Kier alpha value is -0.770. The van der Waals surface area contributed by atoms with Crippen LogP contribution in [0.1, 0.15) is 26.3 Å². The summed E-state index contributed by atoms with van der Waals surface area (Å²) in [6.07, 6.45) is 0. The van der Waals surface area contributed by atoms with Crippen LogP contribution < -0.4 is 10.1 Å². The van der Waals surface area contributed by atoms with E-state index in [4.69, 9.17) is 9.84 Å². The highest BCUT2D eigenvalue weighted by molar-refractivity contribution is 5.85. The quantitative estimate of drug-likeness (QED) is 0.824. The van der Waals surface area contributed by atoms with Crippen LogP contribution in [-0.4, -0.2) is 23.9 Å². The lowest BCUT2D eigenvalue weighted by Crippen LogP contribution is -2.42. The van der Waals surface area contributed by atoms with Gasteiger partial charge in [0.2, 0.25) is 0 Å². The van der Waals surface area contributed by atoms with E-state index >= 15 is 0 Å². The number of aliphatic hydroxyl groups is 1. The summed E-state index contributed by atoms with van der Waals surface area (Å²) in [4.78, 5) is 0. The van der Waals surface area contributed by atoms with Crippen molar-refractivity contribution in [3.05, 3.63) is 29.8 Å². The van der Waals surface area contributed by atoms with Gasteiger partial charge in [-0.25, -0.2) is 0 Å². The maximum atomic E-state index is 9.12. The van der Waals surface area contributed by atoms with Crippen molar-refractivity contribution in [2.24, 2.45) is 0 Å². The summed E-state index contributed by atoms with van der Waals surface area (Å²) in [6.45, 7) is 7.45. The highest BCUT2D eigenvalue weighted by atomic mass is 35.5. The fourth-order valence-electron chi connectivity index (χ4n) is 1.31. The van der Waals surface area contributed by atoms with Gasteiger partial charge in [0.05, 0.1) is 13.2 Å². The minimum Gasteiger partial charge on any atom is -0.494 e. The molecule has 0 aliphatic rings. The van der Waals surface area contributed by atoms with Crippen molar-refractivity contribution in [3.63, 3.8) is 0 Å². The van der Waals surface area contributed by atoms with E-state index in [1.165, 1.54) is 0 Å². The van der Waals surface area contributed by atoms with Crippen LogP contribution in [0.25, 0.3) is 0 Å². The highest BCUT2D eigenvalue weighted by Crippen LogP contribution is 2.14. The normalized spacial score (nSPS) is 10.8. The molecular formula is C13H22ClNO2. The maximum Gasteiger partial charge on any atom is 0.119 e. The molecular weight excluding hydrogens is 238 g/mol. The van der Waals surface area contributed by atoms with Crippen molar-refractivity contribution in [1.82, 2.24) is 5.32 Å². The van der Waals surface area contributed by atoms with Crippen molar-refractivity contribution in [2.75, 3.05) is 13.2 Å². The monoisotopic (exact) mass is 259 g/mol. The molecule has 0 fully saturated rings. The van der Waals surface area contributed by atoms with Gasteiger partial charge in [0.25, 0.3) is 0 Å². The van der Waals surface area contributed by atoms with E-state index in [9.17, 15) is 0 Å². The number of nitrogens with one attached hydrogen (secondary N) is 1. The zero-order valence-corrected chi connectivity index (χ0v) is 11.5. The summed E-state index contributed by atoms with van der Waals surface area (Å²) in [5.74, 6) is 0.892. The van der Waals surface area contributed by atoms with Gasteiger partial charge in [-0.05, 0) is 38.5 Å². The summed E-state index contributed by atoms with van der Waals surface area (Å²) < 4.78 is 5.43. The van der Waals surface area contributed by atoms with Crippen LogP contribution in [0.5, 0.6) is 5.75 Å². The summed E-state index contributed by atoms with van der Waals surface area (Å²) in [7, 11) is 0. The number of hydrogen-bond donors (Lipinski definition) is 2. The maximum absolute atomic E-state index is 9.12. The standard InChI is InChI=1S/C13H21NO2.ClH/c1-4-16-12-7-5-6-11(8-12)9-14-13(2,3)10-15;/h5-8,14-15H,4,9-10H2,1-3H3;1H. The number of halogens is 1. The molecule has 0 atom stereocenters. The molecule has 0 aliphatic carbocycles. The van der Waals surface area contributed by atoms with Gasteiger partial charge in [-0.3, -0.25) is 0 Å². The lowest BCUT2D eigenvalue weighted by atomic mass is 10.1. The molecule has 1 aromatic carbocycles. The van der Waals surface area contributed by atoms with Crippen LogP contribution in [0.15, 0.2) is 24.3 Å². The second kappa shape index (κ2) is 7.54. The minimum atomic E-state index is -0.248. The summed E-state index contributed by atoms with van der Waals surface area (Å²) in [5, 5.41) is 12.4. The molecule has 2 N–H and O–H groups in total. The molecule has 0 saturated carbocycles. The first-order valence-corrected chi connectivity index (χ1v) is 5.65. The van der Waals surface area contributed by atoms with E-state index in [2.05, 4.69) is 5.32 Å². The van der Waals surface area contributed by atoms with Crippen molar-refractivity contribution in [3.8, 4) is 5.75 Å². The molecule has 1 aromatic rings. The van der Waals surface area contributed by atoms with Gasteiger partial charge in [0.15, 0.2) is 0 Å². The fourth-order valence-corrected chi connectivity index (χ4v) is 1.31. The predicted octanol–water partition coefficient (Wildman–Crippen LogP) is 2.37. The van der Waals surface area contributed by atoms with Crippen LogP contribution in [0.4, 0.5) is 0 Å². The zero-order valence-electron chi connectivity index (χ0n) is 10.7. The smallest absolute Gasteiger partial charge is 0.119 e. The average Bonchev–Trinajstić information content (AvgIpc) is 2.28. The molecule has 1 rings (SSSR count). The first-order valence-electron chi connectivity index (χ1n) is 5.65. The van der Waals surface area contributed by atoms with Gasteiger partial charge in [-0.2, -0.15) is 0 Å². The third-order valence-corrected chi connectivity index (χ3v) is 2.38. The molecule has 0 radical (unpaired) electrons. The SMILES string of the molecule is CCOc1cccc(CNC(C)(C)CO)c1.Cl. The topological polar surface area (TPSA) is 41.5 Å². The Labute approximate surface area is 110 Å². The van der Waals surface area contributed by atoms with Crippen molar-refractivity contribution in [1.29, 1.82) is 0 Å². The van der Waals surface area contributed by atoms with Gasteiger partial charge < -0.3 is 15.2 Å². The Morgan fingerprint density at radius 1 is 1.35 bits per heavy atom. The largest absolute Gasteiger partial charge is 0.494 e. The van der Waals surface area contributed by atoms with E-state index in [0.717, 1.165) is 17.9 Å². The van der Waals surface area contributed by atoms with E-state index in [-0.39, 0.29) is 24.6 Å². The molecule has 3 nitrogen and oxygen atoms in total. The lowest BCUT2D eigenvalue weighted by molar-refractivity contribution is 0.187. The molecule has 0 saturated heterocycles. The van der Waals surface area contributed by atoms with Crippen LogP contribution >= 0.6 is 12.4 Å². The Balaban J connectivity index is 0.00000256. The van der Waals surface area contributed by atoms with E-state index in [1.807, 2.05) is 45.0 Å². The third-order valence-electron chi connectivity index (χ3n) is 2.38. The molecule has 98 valence electrons. The first kappa shape index (κ1) is 16.2. The molecule has 0 bridgehead atoms. The highest BCUT2D eigenvalue weighted by Gasteiger charge is 2.14. The van der Waals surface area contributed by atoms with Crippen LogP contribution in [0.3, 0.4) is 0 Å². The summed E-state index contributed by atoms with van der Waals surface area (Å²) >= 11 is 0. The number of rotatable bonds is 6. The number of hydrogen-bond acceptors (Lipinski definition) is 3. The molecule has 0 amide bonds. The molecule has 0 spiro atoms. The second-order valence-electron chi connectivity index (χ2n) is 4.48. The molecule has 0 aliphatic heterocycles. The minimum absolute atomic E-state index is 0. The van der Waals surface area contributed by atoms with Gasteiger partial charge in [0, 0.05) is 12.1 Å². The van der Waals surface area contributed by atoms with E-state index in [1.54, 1.807) is 0 Å². The second-order valence-corrected chi connectivity index (χ2v) is 4.48. The number of ether oxygens (including phenoxy) is 1. The van der Waals surface area contributed by atoms with E-state index < -0.39 is 0 Å². The zero-order chi connectivity index (χ0) is 12.0. The molecule has 0 aromatic heterocycles. The van der Waals surface area contributed by atoms with Gasteiger partial charge in [-0.1, -0.05) is 12.1 Å². The molecule has 4 heteroatoms. The lowest BCUT2D eigenvalue weighted by Gasteiger charge is -2.23. The summed E-state index contributed by atoms with van der Waals surface area (Å²) in [6, 6.07) is 7.99. The van der Waals surface area contributed by atoms with Crippen molar-refractivity contribution < 1.29 is 9.84 Å².